The zero-order valence-electron chi connectivity index (χ0n) is 11.3. The van der Waals surface area contributed by atoms with E-state index in [1.54, 1.807) is 0 Å². The summed E-state index contributed by atoms with van der Waals surface area (Å²) in [6.45, 7) is 4.80. The molecule has 0 radical (unpaired) electrons. The van der Waals surface area contributed by atoms with Crippen LogP contribution in [0.4, 0.5) is 0 Å². The Hall–Kier alpha value is -1.98. The summed E-state index contributed by atoms with van der Waals surface area (Å²) in [4.78, 5) is 46.8. The fraction of sp³-hybridized carbons (Fsp3) is 0.571. The number of ketones is 1. The number of Topliss-reactive ketones (excluding diaryl/α,β-unsaturated/α-hetero) is 1. The van der Waals surface area contributed by atoms with Gasteiger partial charge in [-0.3, -0.25) is 14.4 Å². The SMILES string of the molecule is C=C(C)C(=O)C1(C(=O)O)CCCCC1(CC=O)C(=O)O. The highest BCUT2D eigenvalue weighted by atomic mass is 16.4. The van der Waals surface area contributed by atoms with Crippen LogP contribution in [0.3, 0.4) is 0 Å². The largest absolute Gasteiger partial charge is 0.481 e. The molecule has 6 nitrogen and oxygen atoms in total. The molecule has 2 N–H and O–H groups in total. The Balaban J connectivity index is 3.61. The number of rotatable bonds is 6. The molecule has 2 unspecified atom stereocenters. The smallest absolute Gasteiger partial charge is 0.318 e. The van der Waals surface area contributed by atoms with Crippen molar-refractivity contribution in [1.29, 1.82) is 0 Å². The second kappa shape index (κ2) is 5.56. The molecule has 1 fully saturated rings. The maximum atomic E-state index is 12.4. The number of carboxylic acid groups (broad SMARTS) is 2. The molecule has 0 spiro atoms. The standard InChI is InChI=1S/C14H18O6/c1-9(2)10(16)14(12(19)20)6-4-3-5-13(14,7-8-15)11(17)18/h8H,1,3-7H2,2H3,(H,17,18)(H,19,20). The average molecular weight is 282 g/mol. The van der Waals surface area contributed by atoms with Crippen molar-refractivity contribution in [2.24, 2.45) is 10.8 Å². The van der Waals surface area contributed by atoms with E-state index in [2.05, 4.69) is 6.58 Å². The topological polar surface area (TPSA) is 109 Å². The molecule has 6 heteroatoms. The highest BCUT2D eigenvalue weighted by Crippen LogP contribution is 2.54. The van der Waals surface area contributed by atoms with E-state index in [4.69, 9.17) is 0 Å². The van der Waals surface area contributed by atoms with Crippen molar-refractivity contribution in [2.45, 2.75) is 39.0 Å². The summed E-state index contributed by atoms with van der Waals surface area (Å²) in [5.74, 6) is -3.70. The Morgan fingerprint density at radius 1 is 1.15 bits per heavy atom. The molecule has 0 aromatic heterocycles. The molecule has 1 rings (SSSR count). The summed E-state index contributed by atoms with van der Waals surface area (Å²) < 4.78 is 0. The van der Waals surface area contributed by atoms with Crippen LogP contribution >= 0.6 is 0 Å². The zero-order valence-corrected chi connectivity index (χ0v) is 11.3. The maximum absolute atomic E-state index is 12.4. The third kappa shape index (κ3) is 2.05. The summed E-state index contributed by atoms with van der Waals surface area (Å²) in [5, 5.41) is 19.1. The third-order valence-corrected chi connectivity index (χ3v) is 4.20. The first-order chi connectivity index (χ1) is 9.26. The lowest BCUT2D eigenvalue weighted by atomic mass is 9.52. The number of allylic oxidation sites excluding steroid dienone is 1. The summed E-state index contributed by atoms with van der Waals surface area (Å²) in [5.41, 5.74) is -4.01. The molecule has 0 amide bonds. The highest BCUT2D eigenvalue weighted by molar-refractivity contribution is 6.14. The maximum Gasteiger partial charge on any atom is 0.318 e. The Morgan fingerprint density at radius 2 is 1.70 bits per heavy atom. The normalized spacial score (nSPS) is 29.4. The quantitative estimate of drug-likeness (QED) is 0.433. The van der Waals surface area contributed by atoms with E-state index in [0.29, 0.717) is 19.1 Å². The van der Waals surface area contributed by atoms with Gasteiger partial charge in [0.2, 0.25) is 0 Å². The van der Waals surface area contributed by atoms with Gasteiger partial charge in [-0.2, -0.15) is 0 Å². The first kappa shape index (κ1) is 16.1. The Bertz CT molecular complexity index is 480. The number of carboxylic acids is 2. The van der Waals surface area contributed by atoms with Gasteiger partial charge in [-0.05, 0) is 25.3 Å². The first-order valence-corrected chi connectivity index (χ1v) is 6.37. The third-order valence-electron chi connectivity index (χ3n) is 4.20. The van der Waals surface area contributed by atoms with Gasteiger partial charge in [0.25, 0.3) is 0 Å². The van der Waals surface area contributed by atoms with Gasteiger partial charge in [-0.25, -0.2) is 0 Å². The number of carbonyl (C=O) groups excluding carboxylic acids is 2. The summed E-state index contributed by atoms with van der Waals surface area (Å²) in [7, 11) is 0. The first-order valence-electron chi connectivity index (χ1n) is 6.37. The molecule has 1 aliphatic carbocycles. The van der Waals surface area contributed by atoms with Crippen molar-refractivity contribution in [3.05, 3.63) is 12.2 Å². The van der Waals surface area contributed by atoms with Gasteiger partial charge in [0.05, 0.1) is 5.41 Å². The van der Waals surface area contributed by atoms with Gasteiger partial charge in [-0.1, -0.05) is 19.4 Å². The number of aliphatic carboxylic acids is 2. The second-order valence-corrected chi connectivity index (χ2v) is 5.29. The molecule has 1 saturated carbocycles. The molecule has 20 heavy (non-hydrogen) atoms. The van der Waals surface area contributed by atoms with Gasteiger partial charge in [0.1, 0.15) is 11.7 Å². The van der Waals surface area contributed by atoms with E-state index in [1.807, 2.05) is 0 Å². The lowest BCUT2D eigenvalue weighted by Gasteiger charge is -2.46. The van der Waals surface area contributed by atoms with Gasteiger partial charge in [0, 0.05) is 6.42 Å². The van der Waals surface area contributed by atoms with Gasteiger partial charge < -0.3 is 15.0 Å². The van der Waals surface area contributed by atoms with Gasteiger partial charge in [0.15, 0.2) is 5.78 Å². The second-order valence-electron chi connectivity index (χ2n) is 5.29. The van der Waals surface area contributed by atoms with Crippen LogP contribution in [0.15, 0.2) is 12.2 Å². The van der Waals surface area contributed by atoms with Crippen molar-refractivity contribution in [3.63, 3.8) is 0 Å². The average Bonchev–Trinajstić information content (AvgIpc) is 2.38. The summed E-state index contributed by atoms with van der Waals surface area (Å²) in [6, 6.07) is 0. The van der Waals surface area contributed by atoms with Crippen molar-refractivity contribution >= 4 is 24.0 Å². The van der Waals surface area contributed by atoms with Crippen molar-refractivity contribution < 1.29 is 29.4 Å². The van der Waals surface area contributed by atoms with Crippen LogP contribution in [-0.2, 0) is 19.2 Å². The van der Waals surface area contributed by atoms with Crippen LogP contribution < -0.4 is 0 Å². The minimum atomic E-state index is -2.11. The molecule has 0 aliphatic heterocycles. The molecule has 2 atom stereocenters. The van der Waals surface area contributed by atoms with E-state index in [0.717, 1.165) is 0 Å². The van der Waals surface area contributed by atoms with Crippen LogP contribution in [0.25, 0.3) is 0 Å². The number of hydrogen-bond acceptors (Lipinski definition) is 4. The van der Waals surface area contributed by atoms with Crippen LogP contribution in [0.2, 0.25) is 0 Å². The molecular weight excluding hydrogens is 264 g/mol. The monoisotopic (exact) mass is 282 g/mol. The van der Waals surface area contributed by atoms with E-state index >= 15 is 0 Å². The van der Waals surface area contributed by atoms with Crippen LogP contribution in [0.5, 0.6) is 0 Å². The fourth-order valence-corrected chi connectivity index (χ4v) is 3.17. The van der Waals surface area contributed by atoms with Crippen LogP contribution in [0, 0.1) is 10.8 Å². The Kier molecular flexibility index (Phi) is 4.47. The molecule has 0 bridgehead atoms. The van der Waals surface area contributed by atoms with E-state index in [-0.39, 0.29) is 18.4 Å². The summed E-state index contributed by atoms with van der Waals surface area (Å²) in [6.07, 6.45) is 0.689. The van der Waals surface area contributed by atoms with Crippen LogP contribution in [-0.4, -0.2) is 34.2 Å². The minimum absolute atomic E-state index is 0.00755. The minimum Gasteiger partial charge on any atom is -0.481 e. The van der Waals surface area contributed by atoms with Crippen molar-refractivity contribution in [3.8, 4) is 0 Å². The Morgan fingerprint density at radius 3 is 2.10 bits per heavy atom. The van der Waals surface area contributed by atoms with Crippen molar-refractivity contribution in [2.75, 3.05) is 0 Å². The van der Waals surface area contributed by atoms with E-state index in [9.17, 15) is 29.4 Å². The molecular formula is C14H18O6. The number of hydrogen-bond donors (Lipinski definition) is 2. The Labute approximate surface area is 116 Å². The molecule has 110 valence electrons. The van der Waals surface area contributed by atoms with Gasteiger partial charge in [-0.15, -0.1) is 0 Å². The van der Waals surface area contributed by atoms with Crippen LogP contribution in [0.1, 0.15) is 39.0 Å². The van der Waals surface area contributed by atoms with E-state index < -0.39 is 35.0 Å². The molecule has 0 aromatic rings. The molecule has 0 aromatic carbocycles. The lowest BCUT2D eigenvalue weighted by molar-refractivity contribution is -0.183. The van der Waals surface area contributed by atoms with Gasteiger partial charge >= 0.3 is 11.9 Å². The molecule has 0 heterocycles. The zero-order chi connectivity index (χ0) is 15.6. The van der Waals surface area contributed by atoms with Crippen molar-refractivity contribution in [1.82, 2.24) is 0 Å². The fourth-order valence-electron chi connectivity index (χ4n) is 3.17. The number of aldehydes is 1. The molecule has 1 aliphatic rings. The number of carbonyl (C=O) groups is 4. The molecule has 0 saturated heterocycles. The summed E-state index contributed by atoms with van der Waals surface area (Å²) >= 11 is 0. The van der Waals surface area contributed by atoms with E-state index in [1.165, 1.54) is 6.92 Å². The predicted molar refractivity (Wildman–Crippen MR) is 69.1 cm³/mol. The highest BCUT2D eigenvalue weighted by Gasteiger charge is 2.66. The predicted octanol–water partition coefficient (Wildman–Crippen LogP) is 1.44. The lowest BCUT2D eigenvalue weighted by Crippen LogP contribution is -2.59.